The molecule has 1 fully saturated rings. The molecule has 0 aromatic carbocycles. The van der Waals surface area contributed by atoms with E-state index in [4.69, 9.17) is 0 Å². The van der Waals surface area contributed by atoms with Crippen LogP contribution in [0.2, 0.25) is 0 Å². The summed E-state index contributed by atoms with van der Waals surface area (Å²) in [5, 5.41) is 5.38. The van der Waals surface area contributed by atoms with Crippen molar-refractivity contribution >= 4 is 34.9 Å². The summed E-state index contributed by atoms with van der Waals surface area (Å²) in [6, 6.07) is -0.252. The summed E-state index contributed by atoms with van der Waals surface area (Å²) >= 11 is 1.24. The molecule has 8 nitrogen and oxygen atoms in total. The molecule has 1 saturated carbocycles. The molecule has 2 aromatic heterocycles. The smallest absolute Gasteiger partial charge is 0.321 e. The fraction of sp³-hybridized carbons (Fsp3) is 0.533. The third kappa shape index (κ3) is 4.22. The molecule has 3 rings (SSSR count). The van der Waals surface area contributed by atoms with Crippen LogP contribution >= 0.6 is 11.8 Å². The number of hydrogen-bond acceptors (Lipinski definition) is 6. The van der Waals surface area contributed by atoms with Gasteiger partial charge in [0.1, 0.15) is 11.8 Å². The zero-order chi connectivity index (χ0) is 16.9. The minimum absolute atomic E-state index is 0.170. The second kappa shape index (κ2) is 7.61. The number of rotatable bonds is 4. The van der Waals surface area contributed by atoms with Crippen LogP contribution in [0.15, 0.2) is 17.7 Å². The van der Waals surface area contributed by atoms with Crippen LogP contribution in [0.1, 0.15) is 39.0 Å². The summed E-state index contributed by atoms with van der Waals surface area (Å²) in [6.07, 6.45) is 8.47. The molecule has 1 atom stereocenters. The predicted molar refractivity (Wildman–Crippen MR) is 90.6 cm³/mol. The van der Waals surface area contributed by atoms with Gasteiger partial charge in [-0.1, -0.05) is 31.0 Å². The van der Waals surface area contributed by atoms with Crippen molar-refractivity contribution in [1.29, 1.82) is 0 Å². The van der Waals surface area contributed by atoms with E-state index in [-0.39, 0.29) is 11.9 Å². The number of imide groups is 1. The Balaban J connectivity index is 1.51. The highest BCUT2D eigenvalue weighted by Crippen LogP contribution is 2.22. The average molecular weight is 348 g/mol. The van der Waals surface area contributed by atoms with E-state index < -0.39 is 11.3 Å². The number of hydrogen-bond donors (Lipinski definition) is 3. The number of thioether (sulfide) groups is 1. The molecule has 1 aliphatic rings. The molecular weight excluding hydrogens is 328 g/mol. The predicted octanol–water partition coefficient (Wildman–Crippen LogP) is 1.99. The van der Waals surface area contributed by atoms with Crippen molar-refractivity contribution in [1.82, 2.24) is 30.6 Å². The van der Waals surface area contributed by atoms with Gasteiger partial charge in [-0.05, 0) is 19.8 Å². The van der Waals surface area contributed by atoms with Gasteiger partial charge in [-0.15, -0.1) is 0 Å². The Morgan fingerprint density at radius 1 is 1.33 bits per heavy atom. The molecule has 1 aliphatic carbocycles. The molecule has 0 saturated heterocycles. The third-order valence-electron chi connectivity index (χ3n) is 3.98. The Labute approximate surface area is 143 Å². The van der Waals surface area contributed by atoms with Crippen molar-refractivity contribution in [2.75, 3.05) is 0 Å². The van der Waals surface area contributed by atoms with Gasteiger partial charge in [0.2, 0.25) is 5.91 Å². The zero-order valence-electron chi connectivity index (χ0n) is 13.4. The van der Waals surface area contributed by atoms with Crippen molar-refractivity contribution in [3.05, 3.63) is 12.5 Å². The number of urea groups is 1. The van der Waals surface area contributed by atoms with Gasteiger partial charge in [-0.25, -0.2) is 19.7 Å². The minimum atomic E-state index is -0.462. The van der Waals surface area contributed by atoms with Gasteiger partial charge in [-0.2, -0.15) is 0 Å². The van der Waals surface area contributed by atoms with Gasteiger partial charge < -0.3 is 10.3 Å². The van der Waals surface area contributed by atoms with Crippen LogP contribution in [0, 0.1) is 0 Å². The number of fused-ring (bicyclic) bond motifs is 1. The van der Waals surface area contributed by atoms with Crippen LogP contribution in [-0.2, 0) is 4.79 Å². The molecule has 3 amide bonds. The first-order chi connectivity index (χ1) is 11.6. The summed E-state index contributed by atoms with van der Waals surface area (Å²) in [5.74, 6) is -0.347. The molecule has 0 unspecified atom stereocenters. The lowest BCUT2D eigenvalue weighted by atomic mass is 9.96. The van der Waals surface area contributed by atoms with Crippen molar-refractivity contribution in [3.63, 3.8) is 0 Å². The molecule has 2 heterocycles. The highest BCUT2D eigenvalue weighted by atomic mass is 32.2. The highest BCUT2D eigenvalue weighted by molar-refractivity contribution is 8.00. The quantitative estimate of drug-likeness (QED) is 0.728. The first-order valence-electron chi connectivity index (χ1n) is 8.05. The topological polar surface area (TPSA) is 113 Å². The summed E-state index contributed by atoms with van der Waals surface area (Å²) in [4.78, 5) is 39.4. The number of H-pyrrole nitrogens is 1. The monoisotopic (exact) mass is 348 g/mol. The number of aromatic nitrogens is 4. The Bertz CT molecular complexity index is 695. The van der Waals surface area contributed by atoms with E-state index in [0.717, 1.165) is 25.7 Å². The van der Waals surface area contributed by atoms with Crippen LogP contribution in [0.3, 0.4) is 0 Å². The molecule has 128 valence electrons. The highest BCUT2D eigenvalue weighted by Gasteiger charge is 2.21. The van der Waals surface area contributed by atoms with Gasteiger partial charge in [0, 0.05) is 6.04 Å². The fourth-order valence-corrected chi connectivity index (χ4v) is 3.51. The van der Waals surface area contributed by atoms with Crippen molar-refractivity contribution in [2.45, 2.75) is 55.5 Å². The number of carbonyl (C=O) groups excluding carboxylic acids is 2. The molecule has 0 aliphatic heterocycles. The number of imidazole rings is 1. The second-order valence-electron chi connectivity index (χ2n) is 5.86. The maximum atomic E-state index is 12.2. The molecule has 24 heavy (non-hydrogen) atoms. The maximum absolute atomic E-state index is 12.2. The standard InChI is InChI=1S/C15H20N6O2S/c1-9(24-15-19-11-7-16-8-17-12(11)20-15)13(22)21-14(23)18-10-5-3-2-4-6-10/h7-10H,2-6H2,1H3,(H,16,17,19,20)(H2,18,21,22,23)/t9-/m0/s1. The minimum Gasteiger partial charge on any atom is -0.335 e. The van der Waals surface area contributed by atoms with E-state index in [2.05, 4.69) is 30.6 Å². The number of carbonyl (C=O) groups is 2. The normalized spacial score (nSPS) is 16.7. The van der Waals surface area contributed by atoms with E-state index in [1.807, 2.05) is 0 Å². The van der Waals surface area contributed by atoms with E-state index in [9.17, 15) is 9.59 Å². The van der Waals surface area contributed by atoms with Gasteiger partial charge in [-0.3, -0.25) is 10.1 Å². The van der Waals surface area contributed by atoms with Crippen molar-refractivity contribution < 1.29 is 9.59 Å². The molecule has 0 bridgehead atoms. The lowest BCUT2D eigenvalue weighted by molar-refractivity contribution is -0.119. The Morgan fingerprint density at radius 2 is 2.12 bits per heavy atom. The average Bonchev–Trinajstić information content (AvgIpc) is 2.97. The van der Waals surface area contributed by atoms with Gasteiger partial charge in [0.15, 0.2) is 10.8 Å². The first-order valence-corrected chi connectivity index (χ1v) is 8.93. The van der Waals surface area contributed by atoms with E-state index in [0.29, 0.717) is 16.3 Å². The van der Waals surface area contributed by atoms with Crippen LogP contribution in [-0.4, -0.2) is 43.2 Å². The number of nitrogens with zero attached hydrogens (tertiary/aromatic N) is 3. The Kier molecular flexibility index (Phi) is 5.29. The second-order valence-corrected chi connectivity index (χ2v) is 7.19. The molecule has 2 aromatic rings. The largest absolute Gasteiger partial charge is 0.335 e. The molecular formula is C15H20N6O2S. The lowest BCUT2D eigenvalue weighted by Crippen LogP contribution is -2.47. The molecule has 3 N–H and O–H groups in total. The molecule has 9 heteroatoms. The summed E-state index contributed by atoms with van der Waals surface area (Å²) in [7, 11) is 0. The fourth-order valence-electron chi connectivity index (χ4n) is 2.70. The van der Waals surface area contributed by atoms with Gasteiger partial charge in [0.25, 0.3) is 0 Å². The number of aromatic amines is 1. The first kappa shape index (κ1) is 16.7. The van der Waals surface area contributed by atoms with E-state index >= 15 is 0 Å². The summed E-state index contributed by atoms with van der Waals surface area (Å²) in [5.41, 5.74) is 1.26. The van der Waals surface area contributed by atoms with Gasteiger partial charge in [0.05, 0.1) is 11.4 Å². The third-order valence-corrected chi connectivity index (χ3v) is 4.96. The van der Waals surface area contributed by atoms with Crippen molar-refractivity contribution in [2.24, 2.45) is 0 Å². The van der Waals surface area contributed by atoms with Crippen molar-refractivity contribution in [3.8, 4) is 0 Å². The SMILES string of the molecule is C[C@H](Sc1nc2ncncc2[nH]1)C(=O)NC(=O)NC1CCCCC1. The summed E-state index contributed by atoms with van der Waals surface area (Å²) < 4.78 is 0. The summed E-state index contributed by atoms with van der Waals surface area (Å²) in [6.45, 7) is 1.73. The number of amides is 3. The molecule has 0 spiro atoms. The van der Waals surface area contributed by atoms with Crippen LogP contribution in [0.25, 0.3) is 11.2 Å². The van der Waals surface area contributed by atoms with Crippen LogP contribution in [0.5, 0.6) is 0 Å². The molecule has 0 radical (unpaired) electrons. The van der Waals surface area contributed by atoms with Crippen LogP contribution < -0.4 is 10.6 Å². The Hall–Kier alpha value is -2.16. The zero-order valence-corrected chi connectivity index (χ0v) is 14.2. The Morgan fingerprint density at radius 3 is 2.88 bits per heavy atom. The number of nitrogens with one attached hydrogen (secondary N) is 3. The van der Waals surface area contributed by atoms with Crippen LogP contribution in [0.4, 0.5) is 4.79 Å². The lowest BCUT2D eigenvalue weighted by Gasteiger charge is -2.22. The maximum Gasteiger partial charge on any atom is 0.321 e. The van der Waals surface area contributed by atoms with E-state index in [1.54, 1.807) is 13.1 Å². The van der Waals surface area contributed by atoms with E-state index in [1.165, 1.54) is 24.5 Å². The van der Waals surface area contributed by atoms with Gasteiger partial charge >= 0.3 is 6.03 Å².